The second-order valence-electron chi connectivity index (χ2n) is 5.30. The number of aryl methyl sites for hydroxylation is 1. The van der Waals surface area contributed by atoms with Crippen LogP contribution in [-0.4, -0.2) is 45.1 Å². The van der Waals surface area contributed by atoms with Gasteiger partial charge in [0, 0.05) is 26.2 Å². The first-order valence-electron chi connectivity index (χ1n) is 6.91. The molecule has 0 bridgehead atoms. The van der Waals surface area contributed by atoms with Crippen molar-refractivity contribution in [3.05, 3.63) is 29.6 Å². The fourth-order valence-electron chi connectivity index (χ4n) is 2.72. The molecule has 126 valence electrons. The smallest absolute Gasteiger partial charge is 0.243 e. The number of ether oxygens (including phenoxy) is 1. The molecule has 1 fully saturated rings. The summed E-state index contributed by atoms with van der Waals surface area (Å²) >= 11 is 0. The van der Waals surface area contributed by atoms with Gasteiger partial charge in [-0.3, -0.25) is 0 Å². The second-order valence-corrected chi connectivity index (χ2v) is 7.16. The normalized spacial score (nSPS) is 23.1. The molecule has 2 unspecified atom stereocenters. The summed E-state index contributed by atoms with van der Waals surface area (Å²) < 4.78 is 45.7. The van der Waals surface area contributed by atoms with E-state index in [9.17, 15) is 12.8 Å². The molecule has 0 spiro atoms. The van der Waals surface area contributed by atoms with E-state index in [1.54, 1.807) is 14.0 Å². The first kappa shape index (κ1) is 19.3. The molecule has 5 nitrogen and oxygen atoms in total. The van der Waals surface area contributed by atoms with Gasteiger partial charge in [0.25, 0.3) is 0 Å². The number of piperidine rings is 1. The lowest BCUT2D eigenvalue weighted by Gasteiger charge is -2.37. The Bertz CT molecular complexity index is 612. The molecule has 1 heterocycles. The lowest BCUT2D eigenvalue weighted by atomic mass is 10.0. The summed E-state index contributed by atoms with van der Waals surface area (Å²) in [4.78, 5) is 0.0109. The molecule has 1 aromatic carbocycles. The van der Waals surface area contributed by atoms with E-state index in [1.165, 1.54) is 16.4 Å². The number of halogens is 2. The van der Waals surface area contributed by atoms with E-state index in [0.717, 1.165) is 6.07 Å². The molecular formula is C14H22ClFN2O3S. The predicted octanol–water partition coefficient (Wildman–Crippen LogP) is 1.68. The molecule has 1 saturated heterocycles. The van der Waals surface area contributed by atoms with Crippen molar-refractivity contribution in [3.63, 3.8) is 0 Å². The van der Waals surface area contributed by atoms with Crippen LogP contribution >= 0.6 is 12.4 Å². The van der Waals surface area contributed by atoms with Crippen LogP contribution < -0.4 is 5.73 Å². The Labute approximate surface area is 137 Å². The first-order valence-corrected chi connectivity index (χ1v) is 8.35. The molecule has 0 amide bonds. The van der Waals surface area contributed by atoms with Crippen molar-refractivity contribution in [2.24, 2.45) is 5.73 Å². The van der Waals surface area contributed by atoms with Crippen LogP contribution in [0.4, 0.5) is 4.39 Å². The van der Waals surface area contributed by atoms with Crippen LogP contribution in [0.25, 0.3) is 0 Å². The number of nitrogens with zero attached hydrogens (tertiary/aromatic N) is 1. The van der Waals surface area contributed by atoms with E-state index in [4.69, 9.17) is 10.5 Å². The van der Waals surface area contributed by atoms with Gasteiger partial charge < -0.3 is 10.5 Å². The van der Waals surface area contributed by atoms with Crippen molar-refractivity contribution in [3.8, 4) is 0 Å². The monoisotopic (exact) mass is 352 g/mol. The van der Waals surface area contributed by atoms with Crippen LogP contribution in [0, 0.1) is 12.7 Å². The molecule has 8 heteroatoms. The molecule has 1 aromatic rings. The van der Waals surface area contributed by atoms with E-state index in [-0.39, 0.29) is 36.0 Å². The van der Waals surface area contributed by atoms with E-state index < -0.39 is 15.8 Å². The largest absolute Gasteiger partial charge is 0.381 e. The number of methoxy groups -OCH3 is 1. The first-order chi connectivity index (χ1) is 9.90. The highest BCUT2D eigenvalue weighted by atomic mass is 35.5. The molecule has 2 atom stereocenters. The topological polar surface area (TPSA) is 72.6 Å². The lowest BCUT2D eigenvalue weighted by Crippen LogP contribution is -2.51. The Morgan fingerprint density at radius 2 is 2.14 bits per heavy atom. The highest BCUT2D eigenvalue weighted by Gasteiger charge is 2.37. The highest BCUT2D eigenvalue weighted by Crippen LogP contribution is 2.28. The van der Waals surface area contributed by atoms with Gasteiger partial charge in [0.1, 0.15) is 5.82 Å². The second kappa shape index (κ2) is 7.70. The number of benzene rings is 1. The lowest BCUT2D eigenvalue weighted by molar-refractivity contribution is 0.0401. The third kappa shape index (κ3) is 3.78. The highest BCUT2D eigenvalue weighted by molar-refractivity contribution is 7.89. The fraction of sp³-hybridized carbons (Fsp3) is 0.571. The maximum atomic E-state index is 13.4. The molecule has 0 saturated carbocycles. The number of nitrogens with two attached hydrogens (primary N) is 1. The van der Waals surface area contributed by atoms with Gasteiger partial charge in [-0.2, -0.15) is 4.31 Å². The van der Waals surface area contributed by atoms with Crippen molar-refractivity contribution in [1.29, 1.82) is 0 Å². The van der Waals surface area contributed by atoms with Gasteiger partial charge in [0.2, 0.25) is 10.0 Å². The minimum atomic E-state index is -3.75. The molecule has 1 aliphatic heterocycles. The molecule has 2 N–H and O–H groups in total. The van der Waals surface area contributed by atoms with Crippen molar-refractivity contribution >= 4 is 22.4 Å². The zero-order chi connectivity index (χ0) is 15.6. The van der Waals surface area contributed by atoms with Crippen LogP contribution in [0.1, 0.15) is 18.4 Å². The van der Waals surface area contributed by atoms with Gasteiger partial charge in [-0.05, 0) is 37.5 Å². The number of hydrogen-bond donors (Lipinski definition) is 1. The Morgan fingerprint density at radius 3 is 2.73 bits per heavy atom. The fourth-order valence-corrected chi connectivity index (χ4v) is 4.61. The van der Waals surface area contributed by atoms with Crippen LogP contribution in [0.2, 0.25) is 0 Å². The van der Waals surface area contributed by atoms with E-state index in [1.807, 2.05) is 0 Å². The van der Waals surface area contributed by atoms with Crippen LogP contribution in [0.5, 0.6) is 0 Å². The summed E-state index contributed by atoms with van der Waals surface area (Å²) in [7, 11) is -2.14. The summed E-state index contributed by atoms with van der Waals surface area (Å²) in [6.07, 6.45) is 1.18. The van der Waals surface area contributed by atoms with Gasteiger partial charge >= 0.3 is 0 Å². The zero-order valence-corrected chi connectivity index (χ0v) is 14.3. The van der Waals surface area contributed by atoms with Crippen molar-refractivity contribution < 1.29 is 17.5 Å². The standard InChI is InChI=1S/C14H21FN2O3S.ClH/c1-10-3-4-11(15)7-14(10)21(18,19)17-6-5-13(20-2)8-12(17)9-16;/h3-4,7,12-13H,5-6,8-9,16H2,1-2H3;1H. The van der Waals surface area contributed by atoms with Crippen LogP contribution in [0.15, 0.2) is 23.1 Å². The van der Waals surface area contributed by atoms with Crippen molar-refractivity contribution in [1.82, 2.24) is 4.31 Å². The van der Waals surface area contributed by atoms with Gasteiger partial charge in [-0.25, -0.2) is 12.8 Å². The van der Waals surface area contributed by atoms with Crippen molar-refractivity contribution in [2.75, 3.05) is 20.2 Å². The molecule has 2 rings (SSSR count). The molecular weight excluding hydrogens is 331 g/mol. The Hall–Kier alpha value is -0.730. The average molecular weight is 353 g/mol. The van der Waals surface area contributed by atoms with E-state index in [2.05, 4.69) is 0 Å². The summed E-state index contributed by atoms with van der Waals surface area (Å²) in [5, 5.41) is 0. The summed E-state index contributed by atoms with van der Waals surface area (Å²) in [6.45, 7) is 2.21. The SMILES string of the molecule is COC1CCN(S(=O)(=O)c2cc(F)ccc2C)C(CN)C1.Cl. The van der Waals surface area contributed by atoms with Gasteiger partial charge in [0.05, 0.1) is 11.0 Å². The van der Waals surface area contributed by atoms with Crippen molar-refractivity contribution in [2.45, 2.75) is 36.8 Å². The zero-order valence-electron chi connectivity index (χ0n) is 12.7. The summed E-state index contributed by atoms with van der Waals surface area (Å²) in [6, 6.07) is 3.48. The van der Waals surface area contributed by atoms with E-state index in [0.29, 0.717) is 24.9 Å². The maximum Gasteiger partial charge on any atom is 0.243 e. The quantitative estimate of drug-likeness (QED) is 0.894. The van der Waals surface area contributed by atoms with Crippen LogP contribution in [0.3, 0.4) is 0 Å². The minimum absolute atomic E-state index is 0. The minimum Gasteiger partial charge on any atom is -0.381 e. The number of rotatable bonds is 4. The Morgan fingerprint density at radius 1 is 1.45 bits per heavy atom. The van der Waals surface area contributed by atoms with Gasteiger partial charge in [0.15, 0.2) is 0 Å². The molecule has 0 aliphatic carbocycles. The molecule has 0 radical (unpaired) electrons. The molecule has 1 aliphatic rings. The summed E-state index contributed by atoms with van der Waals surface area (Å²) in [5.74, 6) is -0.560. The summed E-state index contributed by atoms with van der Waals surface area (Å²) in [5.41, 5.74) is 6.25. The average Bonchev–Trinajstić information content (AvgIpc) is 2.48. The van der Waals surface area contributed by atoms with Gasteiger partial charge in [-0.1, -0.05) is 6.07 Å². The maximum absolute atomic E-state index is 13.4. The van der Waals surface area contributed by atoms with E-state index >= 15 is 0 Å². The number of sulfonamides is 1. The van der Waals surface area contributed by atoms with Gasteiger partial charge in [-0.15, -0.1) is 12.4 Å². The third-order valence-corrected chi connectivity index (χ3v) is 6.05. The third-order valence-electron chi connectivity index (χ3n) is 3.96. The van der Waals surface area contributed by atoms with Crippen LogP contribution in [-0.2, 0) is 14.8 Å². The number of hydrogen-bond acceptors (Lipinski definition) is 4. The molecule has 0 aromatic heterocycles. The Balaban J connectivity index is 0.00000242. The molecule has 22 heavy (non-hydrogen) atoms. The Kier molecular flexibility index (Phi) is 6.76. The predicted molar refractivity (Wildman–Crippen MR) is 85.2 cm³/mol.